The fourth-order valence-corrected chi connectivity index (χ4v) is 0.767. The maximum atomic E-state index is 11.9. The van der Waals surface area contributed by atoms with Gasteiger partial charge in [0.25, 0.3) is 0 Å². The zero-order valence-corrected chi connectivity index (χ0v) is 9.55. The first kappa shape index (κ1) is 18.1. The topological polar surface area (TPSA) is 54.4 Å². The summed E-state index contributed by atoms with van der Waals surface area (Å²) in [6.07, 6.45) is -6.79. The van der Waals surface area contributed by atoms with Gasteiger partial charge in [0.05, 0.1) is 0 Å². The van der Waals surface area contributed by atoms with Crippen molar-refractivity contribution in [2.24, 2.45) is 0 Å². The van der Waals surface area contributed by atoms with E-state index < -0.39 is 27.5 Å². The zero-order chi connectivity index (χ0) is 12.0. The van der Waals surface area contributed by atoms with Crippen molar-refractivity contribution in [1.29, 1.82) is 0 Å². The summed E-state index contributed by atoms with van der Waals surface area (Å²) in [5.41, 5.74) is 0. The van der Waals surface area contributed by atoms with Crippen LogP contribution in [0.15, 0.2) is 0 Å². The van der Waals surface area contributed by atoms with Crippen LogP contribution < -0.4 is 0 Å². The average Bonchev–Trinajstić information content (AvgIpc) is 1.81. The molecule has 0 aromatic heterocycles. The van der Waals surface area contributed by atoms with Crippen LogP contribution in [-0.4, -0.2) is 68.1 Å². The Kier molecular flexibility index (Phi) is 5.43. The molecule has 0 bridgehead atoms. The molecule has 0 rings (SSSR count). The molecule has 0 amide bonds. The van der Waals surface area contributed by atoms with Gasteiger partial charge in [-0.3, -0.25) is 4.55 Å². The largest absolute Gasteiger partial charge is 2.00 e. The summed E-state index contributed by atoms with van der Waals surface area (Å²) in [5.74, 6) is -6.85. The van der Waals surface area contributed by atoms with E-state index in [9.17, 15) is 39.2 Å². The minimum Gasteiger partial charge on any atom is -1.00 e. The third-order valence-electron chi connectivity index (χ3n) is 1.05. The van der Waals surface area contributed by atoms with E-state index in [0.717, 1.165) is 0 Å². The molecule has 1 N–H and O–H groups in total. The van der Waals surface area contributed by atoms with E-state index >= 15 is 0 Å². The van der Waals surface area contributed by atoms with E-state index in [1.807, 2.05) is 0 Å². The Balaban J connectivity index is -0.000000282. The van der Waals surface area contributed by atoms with Crippen LogP contribution in [0.4, 0.5) is 30.7 Å². The van der Waals surface area contributed by atoms with Crippen molar-refractivity contribution in [2.45, 2.75) is 17.4 Å². The summed E-state index contributed by atoms with van der Waals surface area (Å²) in [6.45, 7) is 0. The Morgan fingerprint density at radius 1 is 0.933 bits per heavy atom. The molecule has 0 radical (unpaired) electrons. The van der Waals surface area contributed by atoms with Gasteiger partial charge in [-0.05, 0) is 0 Å². The third-order valence-corrected chi connectivity index (χ3v) is 1.95. The van der Waals surface area contributed by atoms with E-state index in [4.69, 9.17) is 4.55 Å². The van der Waals surface area contributed by atoms with E-state index in [1.165, 1.54) is 0 Å². The molecule has 15 heavy (non-hydrogen) atoms. The molecule has 0 aliphatic heterocycles. The van der Waals surface area contributed by atoms with Crippen LogP contribution in [0.1, 0.15) is 2.85 Å². The molecule has 0 heterocycles. The van der Waals surface area contributed by atoms with Gasteiger partial charge in [0.2, 0.25) is 0 Å². The Morgan fingerprint density at radius 3 is 1.27 bits per heavy atom. The first-order chi connectivity index (χ1) is 5.75. The van der Waals surface area contributed by atoms with Gasteiger partial charge in [-0.25, -0.2) is 0 Å². The molecular weight excluding hydrogens is 289 g/mol. The van der Waals surface area contributed by atoms with E-state index in [1.54, 1.807) is 0 Å². The van der Waals surface area contributed by atoms with Crippen LogP contribution in [0.2, 0.25) is 0 Å². The van der Waals surface area contributed by atoms with Crippen molar-refractivity contribution < 1.29 is 46.6 Å². The summed E-state index contributed by atoms with van der Waals surface area (Å²) in [7, 11) is -6.85. The van der Waals surface area contributed by atoms with E-state index in [0.29, 0.717) is 0 Å². The average molecular weight is 292 g/mol. The molecule has 0 aromatic carbocycles. The number of hydrogen-bond acceptors (Lipinski definition) is 2. The fraction of sp³-hybridized carbons (Fsp3) is 1.00. The number of rotatable bonds is 2. The summed E-state index contributed by atoms with van der Waals surface area (Å²) in [4.78, 5) is 0. The molecular formula is C3H3CaF7O3S. The van der Waals surface area contributed by atoms with Gasteiger partial charge in [0.1, 0.15) is 0 Å². The van der Waals surface area contributed by atoms with Gasteiger partial charge in [-0.15, -0.1) is 0 Å². The van der Waals surface area contributed by atoms with Gasteiger partial charge in [0.15, 0.2) is 0 Å². The molecule has 90 valence electrons. The van der Waals surface area contributed by atoms with Gasteiger partial charge in [0, 0.05) is 0 Å². The monoisotopic (exact) mass is 292 g/mol. The predicted octanol–water partition coefficient (Wildman–Crippen LogP) is 1.51. The second-order valence-corrected chi connectivity index (χ2v) is 3.53. The molecule has 0 fully saturated rings. The normalized spacial score (nSPS) is 14.7. The molecule has 0 saturated heterocycles. The second-order valence-electron chi connectivity index (χ2n) is 2.06. The van der Waals surface area contributed by atoms with Crippen LogP contribution in [0.5, 0.6) is 0 Å². The minimum atomic E-state index is -6.85. The van der Waals surface area contributed by atoms with Crippen LogP contribution in [0.3, 0.4) is 0 Å². The molecule has 0 aliphatic carbocycles. The molecule has 0 spiro atoms. The molecule has 0 aliphatic rings. The van der Waals surface area contributed by atoms with Crippen LogP contribution >= 0.6 is 0 Å². The number of hydrogen-bond donors (Lipinski definition) is 1. The van der Waals surface area contributed by atoms with Crippen LogP contribution in [0.25, 0.3) is 0 Å². The summed E-state index contributed by atoms with van der Waals surface area (Å²) in [5, 5.41) is -6.61. The van der Waals surface area contributed by atoms with Gasteiger partial charge < -0.3 is 2.85 Å². The molecule has 12 heteroatoms. The smallest absolute Gasteiger partial charge is 1.00 e. The fourth-order valence-electron chi connectivity index (χ4n) is 0.327. The van der Waals surface area contributed by atoms with Gasteiger partial charge in [-0.1, -0.05) is 0 Å². The summed E-state index contributed by atoms with van der Waals surface area (Å²) in [6, 6.07) is 0. The van der Waals surface area contributed by atoms with E-state index in [2.05, 4.69) is 0 Å². The van der Waals surface area contributed by atoms with Crippen molar-refractivity contribution in [2.75, 3.05) is 0 Å². The maximum absolute atomic E-state index is 11.9. The molecule has 0 saturated carbocycles. The first-order valence-corrected chi connectivity index (χ1v) is 3.98. The second kappa shape index (κ2) is 4.51. The van der Waals surface area contributed by atoms with Crippen molar-refractivity contribution in [3.05, 3.63) is 0 Å². The van der Waals surface area contributed by atoms with E-state index in [-0.39, 0.29) is 40.6 Å². The molecule has 3 nitrogen and oxygen atoms in total. The minimum absolute atomic E-state index is 0. The number of halogens is 7. The molecule has 0 aromatic rings. The van der Waals surface area contributed by atoms with Crippen LogP contribution in [-0.2, 0) is 10.1 Å². The van der Waals surface area contributed by atoms with Gasteiger partial charge >= 0.3 is 65.2 Å². The standard InChI is InChI=1S/C3HF7O3S.Ca.2H/c4-1(5,2(6,7)8)3(9,10)14(11,12)13;;;/h(H,11,12,13);;;/q;+2;2*-1. The SMILES string of the molecule is O=S(=O)(O)C(F)(F)C(F)(F)C(F)(F)F.[Ca+2].[H-].[H-]. The van der Waals surface area contributed by atoms with Crippen molar-refractivity contribution in [1.82, 2.24) is 0 Å². The first-order valence-electron chi connectivity index (χ1n) is 2.54. The Morgan fingerprint density at radius 2 is 1.20 bits per heavy atom. The predicted molar refractivity (Wildman–Crippen MR) is 35.5 cm³/mol. The third kappa shape index (κ3) is 3.08. The molecule has 0 atom stereocenters. The van der Waals surface area contributed by atoms with Crippen molar-refractivity contribution in [3.63, 3.8) is 0 Å². The van der Waals surface area contributed by atoms with Crippen LogP contribution in [0, 0.1) is 0 Å². The summed E-state index contributed by atoms with van der Waals surface area (Å²) >= 11 is 0. The Hall–Kier alpha value is 0.680. The quantitative estimate of drug-likeness (QED) is 0.477. The molecule has 0 unspecified atom stereocenters. The summed E-state index contributed by atoms with van der Waals surface area (Å²) < 4.78 is 108. The number of alkyl halides is 7. The Bertz CT molecular complexity index is 328. The van der Waals surface area contributed by atoms with Crippen molar-refractivity contribution >= 4 is 47.9 Å². The van der Waals surface area contributed by atoms with Gasteiger partial charge in [-0.2, -0.15) is 39.2 Å². The Labute approximate surface area is 111 Å². The van der Waals surface area contributed by atoms with Crippen molar-refractivity contribution in [3.8, 4) is 0 Å². The maximum Gasteiger partial charge on any atom is 2.00 e. The zero-order valence-electron chi connectivity index (χ0n) is 8.52.